The zero-order valence-electron chi connectivity index (χ0n) is 6.58. The lowest BCUT2D eigenvalue weighted by atomic mass is 10.2. The van der Waals surface area contributed by atoms with Gasteiger partial charge in [-0.1, -0.05) is 0 Å². The van der Waals surface area contributed by atoms with E-state index in [1.165, 1.54) is 0 Å². The van der Waals surface area contributed by atoms with Crippen LogP contribution >= 0.6 is 0 Å². The SMILES string of the molecule is NCc1cc2cc(N)ccc2o1. The van der Waals surface area contributed by atoms with Gasteiger partial charge in [0.15, 0.2) is 0 Å². The molecule has 62 valence electrons. The van der Waals surface area contributed by atoms with E-state index in [1.54, 1.807) is 0 Å². The maximum atomic E-state index is 5.60. The molecule has 0 fully saturated rings. The predicted octanol–water partition coefficient (Wildman–Crippen LogP) is 1.47. The van der Waals surface area contributed by atoms with E-state index < -0.39 is 0 Å². The molecule has 1 heterocycles. The molecule has 4 N–H and O–H groups in total. The zero-order valence-corrected chi connectivity index (χ0v) is 6.58. The molecular formula is C9H10N2O. The van der Waals surface area contributed by atoms with Crippen LogP contribution in [0.15, 0.2) is 28.7 Å². The topological polar surface area (TPSA) is 65.2 Å². The number of hydrogen-bond acceptors (Lipinski definition) is 3. The van der Waals surface area contributed by atoms with E-state index >= 15 is 0 Å². The van der Waals surface area contributed by atoms with Gasteiger partial charge < -0.3 is 15.9 Å². The molecule has 0 saturated carbocycles. The molecule has 0 atom stereocenters. The van der Waals surface area contributed by atoms with Crippen molar-refractivity contribution in [1.82, 2.24) is 0 Å². The number of hydrogen-bond donors (Lipinski definition) is 2. The minimum Gasteiger partial charge on any atom is -0.460 e. The van der Waals surface area contributed by atoms with E-state index in [2.05, 4.69) is 0 Å². The van der Waals surface area contributed by atoms with Crippen molar-refractivity contribution >= 4 is 16.7 Å². The average Bonchev–Trinajstić information content (AvgIpc) is 2.46. The first-order valence-corrected chi connectivity index (χ1v) is 3.77. The van der Waals surface area contributed by atoms with Crippen molar-refractivity contribution < 1.29 is 4.42 Å². The van der Waals surface area contributed by atoms with Crippen LogP contribution in [0, 0.1) is 0 Å². The molecule has 12 heavy (non-hydrogen) atoms. The third-order valence-electron chi connectivity index (χ3n) is 1.79. The van der Waals surface area contributed by atoms with E-state index in [1.807, 2.05) is 24.3 Å². The van der Waals surface area contributed by atoms with Gasteiger partial charge in [0.2, 0.25) is 0 Å². The molecule has 0 amide bonds. The number of nitrogens with two attached hydrogens (primary N) is 2. The molecule has 0 radical (unpaired) electrons. The van der Waals surface area contributed by atoms with Gasteiger partial charge in [0.1, 0.15) is 11.3 Å². The highest BCUT2D eigenvalue weighted by molar-refractivity contribution is 5.81. The Morgan fingerprint density at radius 1 is 1.25 bits per heavy atom. The largest absolute Gasteiger partial charge is 0.460 e. The summed E-state index contributed by atoms with van der Waals surface area (Å²) < 4.78 is 5.39. The maximum Gasteiger partial charge on any atom is 0.134 e. The summed E-state index contributed by atoms with van der Waals surface area (Å²) in [5, 5.41) is 1.01. The van der Waals surface area contributed by atoms with Gasteiger partial charge in [-0.3, -0.25) is 0 Å². The second kappa shape index (κ2) is 2.53. The number of fused-ring (bicyclic) bond motifs is 1. The molecule has 2 rings (SSSR count). The van der Waals surface area contributed by atoms with Gasteiger partial charge in [-0.05, 0) is 24.3 Å². The summed E-state index contributed by atoms with van der Waals surface area (Å²) in [6.45, 7) is 0.425. The van der Waals surface area contributed by atoms with Crippen LogP contribution in [-0.2, 0) is 6.54 Å². The van der Waals surface area contributed by atoms with Gasteiger partial charge in [-0.2, -0.15) is 0 Å². The molecule has 0 bridgehead atoms. The summed E-state index contributed by atoms with van der Waals surface area (Å²) in [7, 11) is 0. The van der Waals surface area contributed by atoms with E-state index in [0.717, 1.165) is 22.4 Å². The third kappa shape index (κ3) is 1.04. The quantitative estimate of drug-likeness (QED) is 0.624. The third-order valence-corrected chi connectivity index (χ3v) is 1.79. The Morgan fingerprint density at radius 2 is 2.08 bits per heavy atom. The van der Waals surface area contributed by atoms with Crippen LogP contribution < -0.4 is 11.5 Å². The van der Waals surface area contributed by atoms with Crippen LogP contribution in [0.4, 0.5) is 5.69 Å². The number of benzene rings is 1. The van der Waals surface area contributed by atoms with Crippen LogP contribution in [0.1, 0.15) is 5.76 Å². The highest BCUT2D eigenvalue weighted by Crippen LogP contribution is 2.21. The molecule has 0 unspecified atom stereocenters. The Hall–Kier alpha value is -1.48. The number of furan rings is 1. The van der Waals surface area contributed by atoms with Crippen molar-refractivity contribution in [3.8, 4) is 0 Å². The molecule has 2 aromatic rings. The van der Waals surface area contributed by atoms with E-state index in [9.17, 15) is 0 Å². The molecule has 0 spiro atoms. The molecule has 3 nitrogen and oxygen atoms in total. The molecule has 0 aliphatic rings. The first kappa shape index (κ1) is 7.18. The fraction of sp³-hybridized carbons (Fsp3) is 0.111. The van der Waals surface area contributed by atoms with Crippen molar-refractivity contribution in [3.63, 3.8) is 0 Å². The van der Waals surface area contributed by atoms with Crippen LogP contribution in [0.3, 0.4) is 0 Å². The summed E-state index contributed by atoms with van der Waals surface area (Å²) in [5.74, 6) is 0.788. The molecule has 0 aliphatic carbocycles. The normalized spacial score (nSPS) is 10.8. The molecule has 1 aromatic heterocycles. The van der Waals surface area contributed by atoms with Gasteiger partial charge in [0, 0.05) is 11.1 Å². The Labute approximate surface area is 70.0 Å². The minimum atomic E-state index is 0.425. The standard InChI is InChI=1S/C9H10N2O/c10-5-8-4-6-3-7(11)1-2-9(6)12-8/h1-4H,5,10-11H2. The van der Waals surface area contributed by atoms with E-state index in [4.69, 9.17) is 15.9 Å². The first-order valence-electron chi connectivity index (χ1n) is 3.77. The predicted molar refractivity (Wildman–Crippen MR) is 48.5 cm³/mol. The fourth-order valence-corrected chi connectivity index (χ4v) is 1.22. The monoisotopic (exact) mass is 162 g/mol. The lowest BCUT2D eigenvalue weighted by Crippen LogP contribution is -1.92. The summed E-state index contributed by atoms with van der Waals surface area (Å²) in [6, 6.07) is 7.44. The molecule has 1 aromatic carbocycles. The van der Waals surface area contributed by atoms with Crippen molar-refractivity contribution in [2.75, 3.05) is 5.73 Å². The lowest BCUT2D eigenvalue weighted by molar-refractivity contribution is 0.552. The molecule has 0 aliphatic heterocycles. The summed E-state index contributed by atoms with van der Waals surface area (Å²) >= 11 is 0. The number of rotatable bonds is 1. The van der Waals surface area contributed by atoms with Crippen LogP contribution in [0.5, 0.6) is 0 Å². The van der Waals surface area contributed by atoms with E-state index in [0.29, 0.717) is 6.54 Å². The highest BCUT2D eigenvalue weighted by Gasteiger charge is 2.00. The molecular weight excluding hydrogens is 152 g/mol. The number of anilines is 1. The molecule has 0 saturated heterocycles. The number of nitrogen functional groups attached to an aromatic ring is 1. The Morgan fingerprint density at radius 3 is 2.83 bits per heavy atom. The summed E-state index contributed by atoms with van der Waals surface area (Å²) in [6.07, 6.45) is 0. The highest BCUT2D eigenvalue weighted by atomic mass is 16.3. The van der Waals surface area contributed by atoms with E-state index in [-0.39, 0.29) is 0 Å². The van der Waals surface area contributed by atoms with Gasteiger partial charge >= 0.3 is 0 Å². The van der Waals surface area contributed by atoms with Crippen LogP contribution in [0.25, 0.3) is 11.0 Å². The average molecular weight is 162 g/mol. The lowest BCUT2D eigenvalue weighted by Gasteiger charge is -1.89. The summed E-state index contributed by atoms with van der Waals surface area (Å²) in [4.78, 5) is 0. The van der Waals surface area contributed by atoms with Gasteiger partial charge in [0.25, 0.3) is 0 Å². The van der Waals surface area contributed by atoms with Gasteiger partial charge in [-0.25, -0.2) is 0 Å². The van der Waals surface area contributed by atoms with Crippen molar-refractivity contribution in [1.29, 1.82) is 0 Å². The second-order valence-corrected chi connectivity index (χ2v) is 2.71. The maximum absolute atomic E-state index is 5.60. The molecule has 3 heteroatoms. The smallest absolute Gasteiger partial charge is 0.134 e. The Bertz CT molecular complexity index is 406. The van der Waals surface area contributed by atoms with Gasteiger partial charge in [-0.15, -0.1) is 0 Å². The second-order valence-electron chi connectivity index (χ2n) is 2.71. The Balaban J connectivity index is 2.67. The first-order chi connectivity index (χ1) is 5.79. The van der Waals surface area contributed by atoms with Gasteiger partial charge in [0.05, 0.1) is 6.54 Å². The van der Waals surface area contributed by atoms with Crippen molar-refractivity contribution in [3.05, 3.63) is 30.0 Å². The summed E-state index contributed by atoms with van der Waals surface area (Å²) in [5.41, 5.74) is 12.6. The van der Waals surface area contributed by atoms with Crippen LogP contribution in [0.2, 0.25) is 0 Å². The van der Waals surface area contributed by atoms with Crippen molar-refractivity contribution in [2.45, 2.75) is 6.54 Å². The zero-order chi connectivity index (χ0) is 8.55. The Kier molecular flexibility index (Phi) is 1.52. The fourth-order valence-electron chi connectivity index (χ4n) is 1.22. The van der Waals surface area contributed by atoms with Crippen LogP contribution in [-0.4, -0.2) is 0 Å². The minimum absolute atomic E-state index is 0.425. The van der Waals surface area contributed by atoms with Crippen molar-refractivity contribution in [2.24, 2.45) is 5.73 Å².